The van der Waals surface area contributed by atoms with E-state index < -0.39 is 12.7 Å². The van der Waals surface area contributed by atoms with Crippen molar-refractivity contribution in [2.24, 2.45) is 5.73 Å². The van der Waals surface area contributed by atoms with Gasteiger partial charge in [0.15, 0.2) is 0 Å². The van der Waals surface area contributed by atoms with E-state index in [9.17, 15) is 8.78 Å². The molecule has 2 N–H and O–H groups in total. The Labute approximate surface area is 85.6 Å². The number of alkyl halides is 2. The molecule has 0 saturated heterocycles. The van der Waals surface area contributed by atoms with Crippen molar-refractivity contribution in [1.82, 2.24) is 0 Å². The molecule has 0 aromatic heterocycles. The summed E-state index contributed by atoms with van der Waals surface area (Å²) in [5.41, 5.74) is 6.05. The minimum atomic E-state index is -2.85. The normalized spacial score (nSPS) is 13.0. The van der Waals surface area contributed by atoms with Gasteiger partial charge in [-0.2, -0.15) is 8.78 Å². The Kier molecular flexibility index (Phi) is 3.66. The summed E-state index contributed by atoms with van der Waals surface area (Å²) in [4.78, 5) is 0. The molecule has 0 spiro atoms. The Morgan fingerprint density at radius 3 is 2.57 bits per heavy atom. The van der Waals surface area contributed by atoms with Crippen LogP contribution in [0.2, 0.25) is 5.02 Å². The van der Waals surface area contributed by atoms with E-state index in [4.69, 9.17) is 17.3 Å². The zero-order valence-corrected chi connectivity index (χ0v) is 8.26. The molecule has 1 atom stereocenters. The van der Waals surface area contributed by atoms with Gasteiger partial charge >= 0.3 is 6.61 Å². The zero-order chi connectivity index (χ0) is 10.7. The average molecular weight is 222 g/mol. The molecule has 1 aromatic rings. The molecule has 0 heterocycles. The number of halogens is 3. The van der Waals surface area contributed by atoms with E-state index in [0.29, 0.717) is 10.6 Å². The SMILES string of the molecule is CC(N)c1cc(Cl)ccc1OC(F)F. The van der Waals surface area contributed by atoms with Gasteiger partial charge in [0.2, 0.25) is 0 Å². The van der Waals surface area contributed by atoms with Crippen LogP contribution < -0.4 is 10.5 Å². The number of ether oxygens (including phenoxy) is 1. The monoisotopic (exact) mass is 221 g/mol. The predicted molar refractivity (Wildman–Crippen MR) is 50.7 cm³/mol. The Morgan fingerprint density at radius 2 is 2.07 bits per heavy atom. The quantitative estimate of drug-likeness (QED) is 0.852. The molecule has 0 radical (unpaired) electrons. The van der Waals surface area contributed by atoms with Crippen molar-refractivity contribution in [2.45, 2.75) is 19.6 Å². The molecule has 1 aromatic carbocycles. The minimum absolute atomic E-state index is 0.0689. The number of benzene rings is 1. The first-order valence-corrected chi connectivity index (χ1v) is 4.38. The topological polar surface area (TPSA) is 35.2 Å². The molecule has 5 heteroatoms. The molecule has 78 valence electrons. The van der Waals surface area contributed by atoms with Gasteiger partial charge in [-0.05, 0) is 25.1 Å². The summed E-state index contributed by atoms with van der Waals surface area (Å²) in [6, 6.07) is 3.98. The first kappa shape index (κ1) is 11.2. The Hall–Kier alpha value is -0.870. The van der Waals surface area contributed by atoms with Gasteiger partial charge in [-0.3, -0.25) is 0 Å². The van der Waals surface area contributed by atoms with E-state index in [1.807, 2.05) is 0 Å². The summed E-state index contributed by atoms with van der Waals surface area (Å²) < 4.78 is 28.2. The molecule has 1 rings (SSSR count). The smallest absolute Gasteiger partial charge is 0.387 e. The molecule has 14 heavy (non-hydrogen) atoms. The van der Waals surface area contributed by atoms with Crippen molar-refractivity contribution in [1.29, 1.82) is 0 Å². The Balaban J connectivity index is 3.02. The average Bonchev–Trinajstić information content (AvgIpc) is 2.07. The van der Waals surface area contributed by atoms with E-state index in [-0.39, 0.29) is 5.75 Å². The summed E-state index contributed by atoms with van der Waals surface area (Å²) in [5.74, 6) is 0.0689. The lowest BCUT2D eigenvalue weighted by Crippen LogP contribution is -2.10. The lowest BCUT2D eigenvalue weighted by atomic mass is 10.1. The van der Waals surface area contributed by atoms with Crippen LogP contribution in [0.5, 0.6) is 5.75 Å². The fourth-order valence-corrected chi connectivity index (χ4v) is 1.26. The first-order valence-electron chi connectivity index (χ1n) is 4.00. The van der Waals surface area contributed by atoms with Crippen molar-refractivity contribution in [3.8, 4) is 5.75 Å². The summed E-state index contributed by atoms with van der Waals surface area (Å²) in [6.07, 6.45) is 0. The lowest BCUT2D eigenvalue weighted by Gasteiger charge is -2.13. The number of nitrogens with two attached hydrogens (primary N) is 1. The van der Waals surface area contributed by atoms with Gasteiger partial charge in [0, 0.05) is 16.6 Å². The third-order valence-corrected chi connectivity index (χ3v) is 1.91. The van der Waals surface area contributed by atoms with Gasteiger partial charge in [-0.1, -0.05) is 11.6 Å². The maximum atomic E-state index is 12.0. The maximum Gasteiger partial charge on any atom is 0.387 e. The molecule has 0 aliphatic heterocycles. The second kappa shape index (κ2) is 4.57. The lowest BCUT2D eigenvalue weighted by molar-refractivity contribution is -0.0505. The first-order chi connectivity index (χ1) is 6.50. The van der Waals surface area contributed by atoms with Crippen molar-refractivity contribution in [2.75, 3.05) is 0 Å². The van der Waals surface area contributed by atoms with E-state index in [2.05, 4.69) is 4.74 Å². The summed E-state index contributed by atoms with van der Waals surface area (Å²) >= 11 is 5.70. The number of hydrogen-bond acceptors (Lipinski definition) is 2. The van der Waals surface area contributed by atoms with Gasteiger partial charge < -0.3 is 10.5 Å². The van der Waals surface area contributed by atoms with Crippen LogP contribution in [-0.2, 0) is 0 Å². The standard InChI is InChI=1S/C9H10ClF2NO/c1-5(13)7-4-6(10)2-3-8(7)14-9(11)12/h2-5,9H,13H2,1H3. The molecule has 0 saturated carbocycles. The van der Waals surface area contributed by atoms with E-state index >= 15 is 0 Å². The Morgan fingerprint density at radius 1 is 1.43 bits per heavy atom. The molecular formula is C9H10ClF2NO. The van der Waals surface area contributed by atoms with Crippen molar-refractivity contribution < 1.29 is 13.5 Å². The highest BCUT2D eigenvalue weighted by Crippen LogP contribution is 2.28. The maximum absolute atomic E-state index is 12.0. The number of rotatable bonds is 3. The van der Waals surface area contributed by atoms with Crippen LogP contribution in [0, 0.1) is 0 Å². The molecular weight excluding hydrogens is 212 g/mol. The highest BCUT2D eigenvalue weighted by atomic mass is 35.5. The summed E-state index contributed by atoms with van der Waals surface area (Å²) in [6.45, 7) is -1.18. The van der Waals surface area contributed by atoms with E-state index in [0.717, 1.165) is 0 Å². The highest BCUT2D eigenvalue weighted by molar-refractivity contribution is 6.30. The van der Waals surface area contributed by atoms with Crippen LogP contribution >= 0.6 is 11.6 Å². The minimum Gasteiger partial charge on any atom is -0.434 e. The molecule has 0 aliphatic carbocycles. The van der Waals surface area contributed by atoms with Gasteiger partial charge in [-0.15, -0.1) is 0 Å². The number of hydrogen-bond donors (Lipinski definition) is 1. The van der Waals surface area contributed by atoms with Gasteiger partial charge in [-0.25, -0.2) is 0 Å². The summed E-state index contributed by atoms with van der Waals surface area (Å²) in [5, 5.41) is 0.443. The molecule has 1 unspecified atom stereocenters. The fraction of sp³-hybridized carbons (Fsp3) is 0.333. The van der Waals surface area contributed by atoms with Crippen LogP contribution in [0.25, 0.3) is 0 Å². The van der Waals surface area contributed by atoms with Crippen molar-refractivity contribution >= 4 is 11.6 Å². The van der Waals surface area contributed by atoms with E-state index in [1.165, 1.54) is 18.2 Å². The third kappa shape index (κ3) is 2.82. The predicted octanol–water partition coefficient (Wildman–Crippen LogP) is 2.96. The van der Waals surface area contributed by atoms with Crippen LogP contribution in [0.4, 0.5) is 8.78 Å². The molecule has 0 amide bonds. The zero-order valence-electron chi connectivity index (χ0n) is 7.51. The van der Waals surface area contributed by atoms with Gasteiger partial charge in [0.25, 0.3) is 0 Å². The molecule has 0 bridgehead atoms. The largest absolute Gasteiger partial charge is 0.434 e. The van der Waals surface area contributed by atoms with Crippen molar-refractivity contribution in [3.05, 3.63) is 28.8 Å². The molecule has 2 nitrogen and oxygen atoms in total. The molecule has 0 aliphatic rings. The molecule has 0 fully saturated rings. The van der Waals surface area contributed by atoms with Gasteiger partial charge in [0.05, 0.1) is 0 Å². The van der Waals surface area contributed by atoms with E-state index in [1.54, 1.807) is 6.92 Å². The second-order valence-electron chi connectivity index (χ2n) is 2.85. The van der Waals surface area contributed by atoms with Crippen molar-refractivity contribution in [3.63, 3.8) is 0 Å². The fourth-order valence-electron chi connectivity index (χ4n) is 1.08. The van der Waals surface area contributed by atoms with Crippen LogP contribution in [0.15, 0.2) is 18.2 Å². The Bertz CT molecular complexity index is 318. The van der Waals surface area contributed by atoms with Crippen LogP contribution in [0.1, 0.15) is 18.5 Å². The summed E-state index contributed by atoms with van der Waals surface area (Å²) in [7, 11) is 0. The third-order valence-electron chi connectivity index (χ3n) is 1.68. The highest BCUT2D eigenvalue weighted by Gasteiger charge is 2.12. The second-order valence-corrected chi connectivity index (χ2v) is 3.29. The van der Waals surface area contributed by atoms with Gasteiger partial charge in [0.1, 0.15) is 5.75 Å². The van der Waals surface area contributed by atoms with Crippen LogP contribution in [-0.4, -0.2) is 6.61 Å². The van der Waals surface area contributed by atoms with Crippen LogP contribution in [0.3, 0.4) is 0 Å².